The maximum atomic E-state index is 12.2. The van der Waals surface area contributed by atoms with Crippen molar-refractivity contribution in [2.45, 2.75) is 31.8 Å². The molecule has 0 aliphatic carbocycles. The average Bonchev–Trinajstić information content (AvgIpc) is 2.91. The van der Waals surface area contributed by atoms with Gasteiger partial charge in [-0.2, -0.15) is 12.7 Å². The Bertz CT molecular complexity index is 473. The van der Waals surface area contributed by atoms with Crippen molar-refractivity contribution in [3.8, 4) is 0 Å². The normalized spacial score (nSPS) is 21.6. The molecule has 2 rings (SSSR count). The van der Waals surface area contributed by atoms with E-state index in [0.29, 0.717) is 26.2 Å². The summed E-state index contributed by atoms with van der Waals surface area (Å²) in [5.74, 6) is 0. The first-order valence-corrected chi connectivity index (χ1v) is 8.00. The molecular formula is C11H21N5O2S. The van der Waals surface area contributed by atoms with Crippen molar-refractivity contribution in [2.24, 2.45) is 5.73 Å². The number of nitrogens with two attached hydrogens (primary N) is 1. The Kier molecular flexibility index (Phi) is 4.92. The summed E-state index contributed by atoms with van der Waals surface area (Å²) in [4.78, 5) is 3.91. The Balaban J connectivity index is 1.89. The minimum atomic E-state index is -3.43. The van der Waals surface area contributed by atoms with Gasteiger partial charge in [-0.25, -0.2) is 9.71 Å². The molecule has 0 amide bonds. The summed E-state index contributed by atoms with van der Waals surface area (Å²) in [6.07, 6.45) is 7.93. The fraction of sp³-hybridized carbons (Fsp3) is 0.727. The van der Waals surface area contributed by atoms with Gasteiger partial charge >= 0.3 is 0 Å². The van der Waals surface area contributed by atoms with Crippen LogP contribution in [0.4, 0.5) is 0 Å². The number of piperidine rings is 1. The van der Waals surface area contributed by atoms with Crippen LogP contribution in [-0.2, 0) is 16.8 Å². The lowest BCUT2D eigenvalue weighted by atomic mass is 10.1. The molecule has 1 aliphatic heterocycles. The number of rotatable bonds is 6. The zero-order chi connectivity index (χ0) is 13.7. The number of imidazole rings is 1. The molecule has 19 heavy (non-hydrogen) atoms. The quantitative estimate of drug-likeness (QED) is 0.740. The van der Waals surface area contributed by atoms with E-state index in [0.717, 1.165) is 19.3 Å². The van der Waals surface area contributed by atoms with Gasteiger partial charge in [0.05, 0.1) is 6.33 Å². The van der Waals surface area contributed by atoms with E-state index < -0.39 is 10.2 Å². The van der Waals surface area contributed by atoms with Gasteiger partial charge in [-0.3, -0.25) is 0 Å². The van der Waals surface area contributed by atoms with Crippen molar-refractivity contribution in [3.63, 3.8) is 0 Å². The lowest BCUT2D eigenvalue weighted by Gasteiger charge is -2.33. The third-order valence-corrected chi connectivity index (χ3v) is 5.03. The van der Waals surface area contributed by atoms with Crippen LogP contribution in [0.5, 0.6) is 0 Å². The van der Waals surface area contributed by atoms with Gasteiger partial charge < -0.3 is 10.3 Å². The van der Waals surface area contributed by atoms with E-state index in [1.165, 1.54) is 4.31 Å². The summed E-state index contributed by atoms with van der Waals surface area (Å²) in [6, 6.07) is -0.0699. The summed E-state index contributed by atoms with van der Waals surface area (Å²) in [5, 5.41) is 0. The van der Waals surface area contributed by atoms with Crippen LogP contribution in [0.3, 0.4) is 0 Å². The molecule has 108 valence electrons. The van der Waals surface area contributed by atoms with Gasteiger partial charge in [-0.1, -0.05) is 6.42 Å². The first-order chi connectivity index (χ1) is 9.13. The van der Waals surface area contributed by atoms with Crippen LogP contribution in [-0.4, -0.2) is 48.0 Å². The van der Waals surface area contributed by atoms with E-state index in [2.05, 4.69) is 9.71 Å². The molecule has 1 atom stereocenters. The van der Waals surface area contributed by atoms with E-state index in [1.807, 2.05) is 4.57 Å². The van der Waals surface area contributed by atoms with Crippen LogP contribution in [0.1, 0.15) is 19.3 Å². The molecule has 7 nitrogen and oxygen atoms in total. The van der Waals surface area contributed by atoms with Crippen molar-refractivity contribution in [2.75, 3.05) is 19.6 Å². The SMILES string of the molecule is NCC1CCCCN1S(=O)(=O)NCCn1ccnc1. The van der Waals surface area contributed by atoms with Crippen molar-refractivity contribution in [1.29, 1.82) is 0 Å². The smallest absolute Gasteiger partial charge is 0.279 e. The van der Waals surface area contributed by atoms with Crippen molar-refractivity contribution in [1.82, 2.24) is 18.6 Å². The highest BCUT2D eigenvalue weighted by atomic mass is 32.2. The fourth-order valence-electron chi connectivity index (χ4n) is 2.33. The number of nitrogens with zero attached hydrogens (tertiary/aromatic N) is 3. The van der Waals surface area contributed by atoms with E-state index in [9.17, 15) is 8.42 Å². The first-order valence-electron chi connectivity index (χ1n) is 6.56. The average molecular weight is 287 g/mol. The number of aromatic nitrogens is 2. The first kappa shape index (κ1) is 14.4. The van der Waals surface area contributed by atoms with Crippen LogP contribution < -0.4 is 10.5 Å². The molecule has 0 radical (unpaired) electrons. The molecule has 8 heteroatoms. The minimum absolute atomic E-state index is 0.0699. The lowest BCUT2D eigenvalue weighted by Crippen LogP contribution is -2.52. The molecule has 0 aromatic carbocycles. The summed E-state index contributed by atoms with van der Waals surface area (Å²) < 4.78 is 30.4. The molecule has 1 aromatic rings. The predicted octanol–water partition coefficient (Wildman–Crippen LogP) is -0.469. The molecule has 1 fully saturated rings. The highest BCUT2D eigenvalue weighted by Gasteiger charge is 2.30. The Morgan fingerprint density at radius 1 is 1.42 bits per heavy atom. The van der Waals surface area contributed by atoms with Crippen molar-refractivity contribution >= 4 is 10.2 Å². The highest BCUT2D eigenvalue weighted by molar-refractivity contribution is 7.87. The third-order valence-electron chi connectivity index (χ3n) is 3.37. The Hall–Kier alpha value is -0.960. The highest BCUT2D eigenvalue weighted by Crippen LogP contribution is 2.18. The number of hydrogen-bond donors (Lipinski definition) is 2. The van der Waals surface area contributed by atoms with Gasteiger partial charge in [-0.05, 0) is 12.8 Å². The summed E-state index contributed by atoms with van der Waals surface area (Å²) >= 11 is 0. The monoisotopic (exact) mass is 287 g/mol. The van der Waals surface area contributed by atoms with Crippen molar-refractivity contribution in [3.05, 3.63) is 18.7 Å². The molecule has 2 heterocycles. The van der Waals surface area contributed by atoms with E-state index in [-0.39, 0.29) is 6.04 Å². The van der Waals surface area contributed by atoms with E-state index in [1.54, 1.807) is 18.7 Å². The molecule has 1 aromatic heterocycles. The zero-order valence-electron chi connectivity index (χ0n) is 10.9. The number of nitrogens with one attached hydrogen (secondary N) is 1. The molecule has 1 saturated heterocycles. The summed E-state index contributed by atoms with van der Waals surface area (Å²) in [6.45, 7) is 1.86. The van der Waals surface area contributed by atoms with Crippen molar-refractivity contribution < 1.29 is 8.42 Å². The van der Waals surface area contributed by atoms with Gasteiger partial charge in [0.1, 0.15) is 0 Å². The van der Waals surface area contributed by atoms with Crippen LogP contribution in [0.2, 0.25) is 0 Å². The largest absolute Gasteiger partial charge is 0.336 e. The fourth-order valence-corrected chi connectivity index (χ4v) is 3.80. The number of hydrogen-bond acceptors (Lipinski definition) is 4. The predicted molar refractivity (Wildman–Crippen MR) is 72.5 cm³/mol. The van der Waals surface area contributed by atoms with Gasteiger partial charge in [-0.15, -0.1) is 0 Å². The lowest BCUT2D eigenvalue weighted by molar-refractivity contribution is 0.254. The van der Waals surface area contributed by atoms with Gasteiger partial charge in [0.25, 0.3) is 10.2 Å². The molecule has 1 unspecified atom stereocenters. The van der Waals surface area contributed by atoms with Gasteiger partial charge in [0.15, 0.2) is 0 Å². The van der Waals surface area contributed by atoms with E-state index >= 15 is 0 Å². The Morgan fingerprint density at radius 2 is 2.26 bits per heavy atom. The minimum Gasteiger partial charge on any atom is -0.336 e. The molecule has 0 bridgehead atoms. The third kappa shape index (κ3) is 3.75. The maximum Gasteiger partial charge on any atom is 0.279 e. The van der Waals surface area contributed by atoms with Crippen LogP contribution >= 0.6 is 0 Å². The molecule has 3 N–H and O–H groups in total. The van der Waals surface area contributed by atoms with Gasteiger partial charge in [0.2, 0.25) is 0 Å². The Labute approximate surface area is 114 Å². The summed E-state index contributed by atoms with van der Waals surface area (Å²) in [5.41, 5.74) is 5.65. The van der Waals surface area contributed by atoms with Crippen LogP contribution in [0, 0.1) is 0 Å². The summed E-state index contributed by atoms with van der Waals surface area (Å²) in [7, 11) is -3.43. The maximum absolute atomic E-state index is 12.2. The van der Waals surface area contributed by atoms with Crippen LogP contribution in [0.25, 0.3) is 0 Å². The van der Waals surface area contributed by atoms with Crippen LogP contribution in [0.15, 0.2) is 18.7 Å². The molecular weight excluding hydrogens is 266 g/mol. The van der Waals surface area contributed by atoms with E-state index in [4.69, 9.17) is 5.73 Å². The standard InChI is InChI=1S/C11H21N5O2S/c12-9-11-3-1-2-6-16(11)19(17,18)14-5-8-15-7-4-13-10-15/h4,7,10-11,14H,1-3,5-6,8-9,12H2. The molecule has 0 spiro atoms. The zero-order valence-corrected chi connectivity index (χ0v) is 11.7. The van der Waals surface area contributed by atoms with Gasteiger partial charge in [0, 0.05) is 44.6 Å². The molecule has 1 aliphatic rings. The second-order valence-electron chi connectivity index (χ2n) is 4.70. The molecule has 0 saturated carbocycles. The second kappa shape index (κ2) is 6.47. The second-order valence-corrected chi connectivity index (χ2v) is 6.40. The topological polar surface area (TPSA) is 93.2 Å². The Morgan fingerprint density at radius 3 is 2.95 bits per heavy atom.